The fourth-order valence-corrected chi connectivity index (χ4v) is 3.21. The van der Waals surface area contributed by atoms with Crippen molar-refractivity contribution in [1.29, 1.82) is 0 Å². The summed E-state index contributed by atoms with van der Waals surface area (Å²) in [6.07, 6.45) is 2.12. The lowest BCUT2D eigenvalue weighted by Gasteiger charge is -2.06. The van der Waals surface area contributed by atoms with Gasteiger partial charge in [-0.05, 0) is 31.2 Å². The first-order chi connectivity index (χ1) is 12.2. The molecule has 4 rings (SSSR count). The summed E-state index contributed by atoms with van der Waals surface area (Å²) >= 11 is 5.98. The Bertz CT molecular complexity index is 1050. The molecule has 0 aliphatic carbocycles. The number of nitrogens with zero attached hydrogens (tertiary/aromatic N) is 3. The largest absolute Gasteiger partial charge is 0.368 e. The molecular formula is C20H17ClN4. The van der Waals surface area contributed by atoms with Crippen molar-refractivity contribution in [3.63, 3.8) is 0 Å². The molecule has 4 aromatic rings. The van der Waals surface area contributed by atoms with Crippen LogP contribution < -0.4 is 5.73 Å². The maximum absolute atomic E-state index is 5.99. The number of nitrogen functional groups attached to an aromatic ring is 1. The van der Waals surface area contributed by atoms with Gasteiger partial charge in [-0.1, -0.05) is 41.9 Å². The Morgan fingerprint density at radius 2 is 1.72 bits per heavy atom. The van der Waals surface area contributed by atoms with Crippen molar-refractivity contribution in [2.75, 3.05) is 5.73 Å². The number of fused-ring (bicyclic) bond motifs is 1. The van der Waals surface area contributed by atoms with E-state index < -0.39 is 0 Å². The van der Waals surface area contributed by atoms with Gasteiger partial charge in [-0.15, -0.1) is 0 Å². The summed E-state index contributed by atoms with van der Waals surface area (Å²) in [5.74, 6) is 0.260. The van der Waals surface area contributed by atoms with Crippen LogP contribution in [0.5, 0.6) is 0 Å². The van der Waals surface area contributed by atoms with Crippen LogP contribution in [0.25, 0.3) is 33.4 Å². The molecule has 0 unspecified atom stereocenters. The van der Waals surface area contributed by atoms with Crippen LogP contribution in [-0.2, 0) is 6.54 Å². The van der Waals surface area contributed by atoms with Gasteiger partial charge in [-0.3, -0.25) is 0 Å². The van der Waals surface area contributed by atoms with Crippen molar-refractivity contribution in [2.45, 2.75) is 13.5 Å². The molecule has 0 amide bonds. The lowest BCUT2D eigenvalue weighted by molar-refractivity contribution is 0.798. The molecule has 0 aliphatic heterocycles. The molecule has 0 spiro atoms. The number of aromatic nitrogens is 3. The Hall–Kier alpha value is -2.85. The second-order valence-electron chi connectivity index (χ2n) is 5.85. The molecule has 25 heavy (non-hydrogen) atoms. The van der Waals surface area contributed by atoms with Gasteiger partial charge in [0.05, 0.1) is 11.4 Å². The summed E-state index contributed by atoms with van der Waals surface area (Å²) < 4.78 is 2.21. The monoisotopic (exact) mass is 348 g/mol. The number of nitrogens with two attached hydrogens (primary N) is 1. The zero-order chi connectivity index (χ0) is 17.4. The molecule has 0 aliphatic rings. The second-order valence-corrected chi connectivity index (χ2v) is 6.29. The van der Waals surface area contributed by atoms with Crippen molar-refractivity contribution in [2.24, 2.45) is 0 Å². The van der Waals surface area contributed by atoms with E-state index in [4.69, 9.17) is 17.3 Å². The molecule has 2 aromatic carbocycles. The van der Waals surface area contributed by atoms with E-state index in [1.807, 2.05) is 42.5 Å². The number of anilines is 1. The first-order valence-electron chi connectivity index (χ1n) is 8.14. The molecule has 0 atom stereocenters. The number of hydrogen-bond donors (Lipinski definition) is 1. The molecule has 5 heteroatoms. The van der Waals surface area contributed by atoms with E-state index in [0.717, 1.165) is 34.4 Å². The van der Waals surface area contributed by atoms with Crippen LogP contribution in [0.1, 0.15) is 6.92 Å². The number of rotatable bonds is 3. The smallest absolute Gasteiger partial charge is 0.221 e. The van der Waals surface area contributed by atoms with Crippen molar-refractivity contribution in [3.05, 3.63) is 65.8 Å². The van der Waals surface area contributed by atoms with Crippen LogP contribution in [-0.4, -0.2) is 14.5 Å². The fraction of sp³-hybridized carbons (Fsp3) is 0.100. The maximum atomic E-state index is 5.99. The van der Waals surface area contributed by atoms with Crippen molar-refractivity contribution in [1.82, 2.24) is 14.5 Å². The Labute approximate surface area is 150 Å². The number of para-hydroxylation sites is 1. The second kappa shape index (κ2) is 6.22. The Kier molecular flexibility index (Phi) is 3.90. The zero-order valence-corrected chi connectivity index (χ0v) is 14.5. The average molecular weight is 349 g/mol. The predicted molar refractivity (Wildman–Crippen MR) is 103 cm³/mol. The third-order valence-corrected chi connectivity index (χ3v) is 4.54. The third-order valence-electron chi connectivity index (χ3n) is 4.29. The van der Waals surface area contributed by atoms with Gasteiger partial charge >= 0.3 is 0 Å². The highest BCUT2D eigenvalue weighted by Gasteiger charge is 2.13. The van der Waals surface area contributed by atoms with Gasteiger partial charge < -0.3 is 10.3 Å². The molecule has 0 radical (unpaired) electrons. The lowest BCUT2D eigenvalue weighted by atomic mass is 10.1. The lowest BCUT2D eigenvalue weighted by Crippen LogP contribution is -1.98. The average Bonchev–Trinajstić information content (AvgIpc) is 3.01. The van der Waals surface area contributed by atoms with Crippen molar-refractivity contribution >= 4 is 28.5 Å². The molecule has 2 aromatic heterocycles. The summed E-state index contributed by atoms with van der Waals surface area (Å²) in [5, 5.41) is 1.85. The number of hydrogen-bond acceptors (Lipinski definition) is 3. The van der Waals surface area contributed by atoms with E-state index in [2.05, 4.69) is 39.8 Å². The normalized spacial score (nSPS) is 11.1. The highest BCUT2D eigenvalue weighted by Crippen LogP contribution is 2.32. The minimum atomic E-state index is 0.260. The van der Waals surface area contributed by atoms with Crippen LogP contribution in [0.4, 0.5) is 5.95 Å². The number of aryl methyl sites for hydroxylation is 1. The minimum absolute atomic E-state index is 0.260. The van der Waals surface area contributed by atoms with Gasteiger partial charge in [-0.25, -0.2) is 9.97 Å². The number of benzene rings is 2. The van der Waals surface area contributed by atoms with E-state index >= 15 is 0 Å². The van der Waals surface area contributed by atoms with E-state index in [-0.39, 0.29) is 5.95 Å². The SMILES string of the molecule is CCn1cc(-c2cc(-c3ccc(Cl)cc3)nc(N)n2)c2ccccc21. The van der Waals surface area contributed by atoms with Crippen LogP contribution in [0.3, 0.4) is 0 Å². The Balaban J connectivity index is 1.91. The molecule has 0 fully saturated rings. The Morgan fingerprint density at radius 1 is 1.00 bits per heavy atom. The quantitative estimate of drug-likeness (QED) is 0.565. The maximum Gasteiger partial charge on any atom is 0.221 e. The van der Waals surface area contributed by atoms with Crippen LogP contribution >= 0.6 is 11.6 Å². The highest BCUT2D eigenvalue weighted by molar-refractivity contribution is 6.30. The van der Waals surface area contributed by atoms with Gasteiger partial charge in [0, 0.05) is 39.8 Å². The van der Waals surface area contributed by atoms with Crippen LogP contribution in [0, 0.1) is 0 Å². The number of halogens is 1. The van der Waals surface area contributed by atoms with Gasteiger partial charge in [0.1, 0.15) is 0 Å². The Morgan fingerprint density at radius 3 is 2.48 bits per heavy atom. The van der Waals surface area contributed by atoms with Gasteiger partial charge in [0.2, 0.25) is 5.95 Å². The molecule has 0 saturated heterocycles. The van der Waals surface area contributed by atoms with E-state index in [1.165, 1.54) is 5.52 Å². The fourth-order valence-electron chi connectivity index (χ4n) is 3.08. The van der Waals surface area contributed by atoms with E-state index in [1.54, 1.807) is 0 Å². The van der Waals surface area contributed by atoms with Crippen LogP contribution in [0.2, 0.25) is 5.02 Å². The summed E-state index contributed by atoms with van der Waals surface area (Å²) in [5.41, 5.74) is 10.8. The molecule has 2 heterocycles. The highest BCUT2D eigenvalue weighted by atomic mass is 35.5. The van der Waals surface area contributed by atoms with Gasteiger partial charge in [0.25, 0.3) is 0 Å². The summed E-state index contributed by atoms with van der Waals surface area (Å²) in [6, 6.07) is 17.8. The summed E-state index contributed by atoms with van der Waals surface area (Å²) in [6.45, 7) is 3.02. The first-order valence-corrected chi connectivity index (χ1v) is 8.52. The van der Waals surface area contributed by atoms with Gasteiger partial charge in [0.15, 0.2) is 0 Å². The van der Waals surface area contributed by atoms with Crippen molar-refractivity contribution < 1.29 is 0 Å². The van der Waals surface area contributed by atoms with Crippen LogP contribution in [0.15, 0.2) is 60.8 Å². The van der Waals surface area contributed by atoms with Gasteiger partial charge in [-0.2, -0.15) is 0 Å². The molecule has 124 valence electrons. The van der Waals surface area contributed by atoms with E-state index in [9.17, 15) is 0 Å². The molecule has 2 N–H and O–H groups in total. The molecule has 0 bridgehead atoms. The summed E-state index contributed by atoms with van der Waals surface area (Å²) in [4.78, 5) is 8.86. The van der Waals surface area contributed by atoms with E-state index in [0.29, 0.717) is 5.02 Å². The topological polar surface area (TPSA) is 56.7 Å². The molecular weight excluding hydrogens is 332 g/mol. The summed E-state index contributed by atoms with van der Waals surface area (Å²) in [7, 11) is 0. The molecule has 0 saturated carbocycles. The standard InChI is InChI=1S/C20H17ClN4/c1-2-25-12-16(15-5-3-4-6-19(15)25)18-11-17(23-20(22)24-18)13-7-9-14(21)10-8-13/h3-12H,2H2,1H3,(H2,22,23,24). The third kappa shape index (κ3) is 2.85. The predicted octanol–water partition coefficient (Wildman–Crippen LogP) is 5.02. The minimum Gasteiger partial charge on any atom is -0.368 e. The zero-order valence-electron chi connectivity index (χ0n) is 13.8. The first kappa shape index (κ1) is 15.7. The van der Waals surface area contributed by atoms with Crippen molar-refractivity contribution in [3.8, 4) is 22.5 Å². The molecule has 4 nitrogen and oxygen atoms in total.